The Hall–Kier alpha value is -0.870. The van der Waals surface area contributed by atoms with Gasteiger partial charge in [0.25, 0.3) is 0 Å². The largest absolute Gasteiger partial charge is 0.376 e. The summed E-state index contributed by atoms with van der Waals surface area (Å²) in [7, 11) is 0. The molecule has 3 unspecified atom stereocenters. The van der Waals surface area contributed by atoms with Crippen LogP contribution in [-0.2, 0) is 17.7 Å². The zero-order chi connectivity index (χ0) is 13.7. The van der Waals surface area contributed by atoms with Crippen LogP contribution in [0, 0.1) is 5.92 Å². The molecule has 1 aliphatic rings. The Bertz CT molecular complexity index is 377. The van der Waals surface area contributed by atoms with Crippen molar-refractivity contribution in [3.05, 3.63) is 18.2 Å². The normalized spacial score (nSPS) is 24.8. The minimum absolute atomic E-state index is 0.326. The summed E-state index contributed by atoms with van der Waals surface area (Å²) >= 11 is 0. The number of nitrogens with one attached hydrogen (secondary N) is 1. The first-order valence-corrected chi connectivity index (χ1v) is 7.61. The first kappa shape index (κ1) is 14.5. The number of rotatable bonds is 7. The summed E-state index contributed by atoms with van der Waals surface area (Å²) in [5.41, 5.74) is 0. The fraction of sp³-hybridized carbons (Fsp3) is 0.800. The maximum Gasteiger partial charge on any atom is 0.110 e. The van der Waals surface area contributed by atoms with E-state index in [1.54, 1.807) is 0 Å². The Morgan fingerprint density at radius 1 is 1.53 bits per heavy atom. The van der Waals surface area contributed by atoms with Crippen LogP contribution in [-0.4, -0.2) is 34.8 Å². The lowest BCUT2D eigenvalue weighted by atomic mass is 9.95. The third kappa shape index (κ3) is 3.57. The van der Waals surface area contributed by atoms with Gasteiger partial charge in [0, 0.05) is 38.0 Å². The van der Waals surface area contributed by atoms with E-state index in [9.17, 15) is 0 Å². The standard InChI is InChI=1S/C15H27N3O/c1-4-8-18-9-7-17-14(18)11-13(16-5-2)15-12(3)6-10-19-15/h7,9,12-13,15-16H,4-6,8,10-11H2,1-3H3. The number of ether oxygens (including phenoxy) is 1. The molecule has 1 fully saturated rings. The summed E-state index contributed by atoms with van der Waals surface area (Å²) in [6.45, 7) is 9.58. The monoisotopic (exact) mass is 265 g/mol. The minimum atomic E-state index is 0.326. The molecular weight excluding hydrogens is 238 g/mol. The highest BCUT2D eigenvalue weighted by atomic mass is 16.5. The van der Waals surface area contributed by atoms with Crippen LogP contribution >= 0.6 is 0 Å². The number of hydrogen-bond acceptors (Lipinski definition) is 3. The Kier molecular flexibility index (Phi) is 5.40. The summed E-state index contributed by atoms with van der Waals surface area (Å²) < 4.78 is 8.20. The van der Waals surface area contributed by atoms with Crippen molar-refractivity contribution >= 4 is 0 Å². The second-order valence-corrected chi connectivity index (χ2v) is 5.51. The topological polar surface area (TPSA) is 39.1 Å². The van der Waals surface area contributed by atoms with Gasteiger partial charge >= 0.3 is 0 Å². The molecule has 0 bridgehead atoms. The molecule has 4 heteroatoms. The molecule has 1 aromatic rings. The van der Waals surface area contributed by atoms with Crippen LogP contribution in [0.25, 0.3) is 0 Å². The zero-order valence-corrected chi connectivity index (χ0v) is 12.4. The van der Waals surface area contributed by atoms with Crippen LogP contribution in [0.2, 0.25) is 0 Å². The number of nitrogens with zero attached hydrogens (tertiary/aromatic N) is 2. The lowest BCUT2D eigenvalue weighted by Crippen LogP contribution is -2.44. The van der Waals surface area contributed by atoms with Crippen LogP contribution in [0.5, 0.6) is 0 Å². The molecule has 2 heterocycles. The van der Waals surface area contributed by atoms with E-state index < -0.39 is 0 Å². The number of imidazole rings is 1. The predicted octanol–water partition coefficient (Wildman–Crippen LogP) is 2.24. The van der Waals surface area contributed by atoms with E-state index in [2.05, 4.69) is 41.8 Å². The minimum Gasteiger partial charge on any atom is -0.376 e. The second-order valence-electron chi connectivity index (χ2n) is 5.51. The number of likely N-dealkylation sites (N-methyl/N-ethyl adjacent to an activating group) is 1. The molecule has 0 radical (unpaired) electrons. The number of hydrogen-bond donors (Lipinski definition) is 1. The molecule has 1 N–H and O–H groups in total. The fourth-order valence-corrected chi connectivity index (χ4v) is 2.97. The first-order valence-electron chi connectivity index (χ1n) is 7.61. The van der Waals surface area contributed by atoms with Crippen LogP contribution in [0.15, 0.2) is 12.4 Å². The van der Waals surface area contributed by atoms with Gasteiger partial charge in [-0.1, -0.05) is 20.8 Å². The molecule has 1 aliphatic heterocycles. The van der Waals surface area contributed by atoms with Crippen molar-refractivity contribution in [2.45, 2.75) is 58.7 Å². The predicted molar refractivity (Wildman–Crippen MR) is 77.2 cm³/mol. The zero-order valence-electron chi connectivity index (χ0n) is 12.4. The molecule has 0 aromatic carbocycles. The van der Waals surface area contributed by atoms with Crippen molar-refractivity contribution in [3.63, 3.8) is 0 Å². The van der Waals surface area contributed by atoms with Crippen molar-refractivity contribution in [1.29, 1.82) is 0 Å². The molecule has 0 spiro atoms. The van der Waals surface area contributed by atoms with E-state index in [0.717, 1.165) is 32.5 Å². The summed E-state index contributed by atoms with van der Waals surface area (Å²) in [4.78, 5) is 4.52. The molecule has 2 rings (SSSR count). The Labute approximate surface area is 116 Å². The second kappa shape index (κ2) is 7.06. The Morgan fingerprint density at radius 2 is 2.37 bits per heavy atom. The van der Waals surface area contributed by atoms with Gasteiger partial charge in [0.2, 0.25) is 0 Å². The summed E-state index contributed by atoms with van der Waals surface area (Å²) in [6.07, 6.45) is 7.59. The quantitative estimate of drug-likeness (QED) is 0.822. The molecule has 0 saturated carbocycles. The van der Waals surface area contributed by atoms with E-state index in [1.807, 2.05) is 6.20 Å². The smallest absolute Gasteiger partial charge is 0.110 e. The molecule has 1 aromatic heterocycles. The van der Waals surface area contributed by atoms with Crippen LogP contribution in [0.4, 0.5) is 0 Å². The van der Waals surface area contributed by atoms with E-state index in [0.29, 0.717) is 18.1 Å². The van der Waals surface area contributed by atoms with Gasteiger partial charge in [-0.25, -0.2) is 4.98 Å². The average molecular weight is 265 g/mol. The van der Waals surface area contributed by atoms with E-state index >= 15 is 0 Å². The lowest BCUT2D eigenvalue weighted by molar-refractivity contribution is 0.0606. The maximum atomic E-state index is 5.93. The van der Waals surface area contributed by atoms with E-state index in [1.165, 1.54) is 12.2 Å². The Morgan fingerprint density at radius 3 is 3.00 bits per heavy atom. The van der Waals surface area contributed by atoms with Crippen molar-refractivity contribution in [3.8, 4) is 0 Å². The van der Waals surface area contributed by atoms with Gasteiger partial charge < -0.3 is 14.6 Å². The molecule has 3 atom stereocenters. The van der Waals surface area contributed by atoms with Crippen LogP contribution in [0.1, 0.15) is 39.4 Å². The first-order chi connectivity index (χ1) is 9.26. The Balaban J connectivity index is 2.05. The highest BCUT2D eigenvalue weighted by Gasteiger charge is 2.32. The van der Waals surface area contributed by atoms with Gasteiger partial charge in [-0.15, -0.1) is 0 Å². The van der Waals surface area contributed by atoms with Gasteiger partial charge in [0.15, 0.2) is 0 Å². The fourth-order valence-electron chi connectivity index (χ4n) is 2.97. The number of aryl methyl sites for hydroxylation is 1. The highest BCUT2D eigenvalue weighted by molar-refractivity contribution is 4.99. The van der Waals surface area contributed by atoms with Crippen molar-refractivity contribution in [1.82, 2.24) is 14.9 Å². The van der Waals surface area contributed by atoms with Gasteiger partial charge in [0.1, 0.15) is 5.82 Å². The summed E-state index contributed by atoms with van der Waals surface area (Å²) in [5.74, 6) is 1.81. The maximum absolute atomic E-state index is 5.93. The molecule has 108 valence electrons. The SMILES string of the molecule is CCCn1ccnc1CC(NCC)C1OCCC1C. The molecule has 0 amide bonds. The average Bonchev–Trinajstić information content (AvgIpc) is 2.99. The van der Waals surface area contributed by atoms with E-state index in [4.69, 9.17) is 4.74 Å². The summed E-state index contributed by atoms with van der Waals surface area (Å²) in [6, 6.07) is 0.375. The lowest BCUT2D eigenvalue weighted by Gasteiger charge is -2.27. The van der Waals surface area contributed by atoms with Gasteiger partial charge in [-0.05, 0) is 25.3 Å². The van der Waals surface area contributed by atoms with Gasteiger partial charge in [-0.2, -0.15) is 0 Å². The third-order valence-electron chi connectivity index (χ3n) is 3.98. The molecule has 19 heavy (non-hydrogen) atoms. The molecular formula is C15H27N3O. The molecule has 0 aliphatic carbocycles. The molecule has 4 nitrogen and oxygen atoms in total. The number of aromatic nitrogens is 2. The van der Waals surface area contributed by atoms with E-state index in [-0.39, 0.29) is 0 Å². The molecule has 1 saturated heterocycles. The van der Waals surface area contributed by atoms with Crippen molar-refractivity contribution in [2.24, 2.45) is 5.92 Å². The van der Waals surface area contributed by atoms with Crippen LogP contribution < -0.4 is 5.32 Å². The summed E-state index contributed by atoms with van der Waals surface area (Å²) in [5, 5.41) is 3.58. The third-order valence-corrected chi connectivity index (χ3v) is 3.98. The van der Waals surface area contributed by atoms with Gasteiger partial charge in [-0.3, -0.25) is 0 Å². The van der Waals surface area contributed by atoms with Crippen LogP contribution in [0.3, 0.4) is 0 Å². The van der Waals surface area contributed by atoms with Crippen molar-refractivity contribution in [2.75, 3.05) is 13.2 Å². The highest BCUT2D eigenvalue weighted by Crippen LogP contribution is 2.24. The van der Waals surface area contributed by atoms with Crippen molar-refractivity contribution < 1.29 is 4.74 Å². The van der Waals surface area contributed by atoms with Gasteiger partial charge in [0.05, 0.1) is 6.10 Å².